The van der Waals surface area contributed by atoms with Crippen molar-refractivity contribution in [3.05, 3.63) is 0 Å². The van der Waals surface area contributed by atoms with Crippen LogP contribution in [0.2, 0.25) is 0 Å². The molecule has 2 fully saturated rings. The quantitative estimate of drug-likeness (QED) is 0.0788. The first-order chi connectivity index (χ1) is 14.2. The van der Waals surface area contributed by atoms with Gasteiger partial charge in [0.25, 0.3) is 0 Å². The summed E-state index contributed by atoms with van der Waals surface area (Å²) in [5, 5.41) is 49.7. The highest BCUT2D eigenvalue weighted by Crippen LogP contribution is 2.48. The average Bonchev–Trinajstić information content (AvgIpc) is 2.96. The molecule has 31 heavy (non-hydrogen) atoms. The molecule has 17 heteroatoms. The van der Waals surface area contributed by atoms with Crippen LogP contribution in [0.25, 0.3) is 0 Å². The van der Waals surface area contributed by atoms with E-state index in [1.54, 1.807) is 0 Å². The molecule has 7 atom stereocenters. The van der Waals surface area contributed by atoms with Crippen molar-refractivity contribution in [3.63, 3.8) is 0 Å². The standard InChI is InChI=1S/C14H25N6O10P/c1-19(13(15)16)4-6(22)29-11-9(25)7(23)8(24)10(26)12(11)30-31(27,28)18-14-17-5(21)3-20(14)2/h7-12,23-26H,3-4H2,1-2H3,(H3,15,16)(H2,17,18,21,27,28)/t7-,8-,9+,10+,11-,12+/m1/s1. The van der Waals surface area contributed by atoms with Crippen LogP contribution in [-0.2, 0) is 23.4 Å². The smallest absolute Gasteiger partial charge is 0.454 e. The number of nitrogens with two attached hydrogens (primary N) is 1. The number of likely N-dealkylation sites (N-methyl/N-ethyl adjacent to an activating group) is 2. The average molecular weight is 468 g/mol. The molecule has 0 spiro atoms. The number of hydrogen-bond acceptors (Lipinski definition) is 10. The van der Waals surface area contributed by atoms with Gasteiger partial charge in [-0.2, -0.15) is 0 Å². The number of amides is 1. The van der Waals surface area contributed by atoms with E-state index in [9.17, 15) is 39.5 Å². The fraction of sp³-hybridized carbons (Fsp3) is 0.714. The molecular weight excluding hydrogens is 443 g/mol. The van der Waals surface area contributed by atoms with E-state index in [0.717, 1.165) is 4.90 Å². The van der Waals surface area contributed by atoms with E-state index in [4.69, 9.17) is 20.4 Å². The lowest BCUT2D eigenvalue weighted by Crippen LogP contribution is -2.65. The Bertz CT molecular complexity index is 810. The third kappa shape index (κ3) is 5.88. The van der Waals surface area contributed by atoms with Crippen LogP contribution in [-0.4, -0.2) is 123 Å². The summed E-state index contributed by atoms with van der Waals surface area (Å²) in [6.45, 7) is -0.714. The van der Waals surface area contributed by atoms with E-state index in [2.05, 4.69) is 10.1 Å². The highest BCUT2D eigenvalue weighted by Gasteiger charge is 2.53. The Morgan fingerprint density at radius 1 is 1.29 bits per heavy atom. The van der Waals surface area contributed by atoms with Crippen LogP contribution in [0, 0.1) is 5.41 Å². The molecular formula is C14H25N6O10P. The number of aliphatic hydroxyl groups is 4. The van der Waals surface area contributed by atoms with Gasteiger partial charge >= 0.3 is 13.7 Å². The van der Waals surface area contributed by atoms with E-state index in [0.29, 0.717) is 0 Å². The van der Waals surface area contributed by atoms with E-state index in [1.165, 1.54) is 19.0 Å². The van der Waals surface area contributed by atoms with Crippen molar-refractivity contribution in [2.75, 3.05) is 27.2 Å². The Morgan fingerprint density at radius 2 is 1.84 bits per heavy atom. The zero-order valence-electron chi connectivity index (χ0n) is 16.5. The van der Waals surface area contributed by atoms with Crippen molar-refractivity contribution < 1.29 is 48.7 Å². The summed E-state index contributed by atoms with van der Waals surface area (Å²) in [4.78, 5) is 35.7. The molecule has 1 aliphatic carbocycles. The lowest BCUT2D eigenvalue weighted by atomic mass is 9.85. The van der Waals surface area contributed by atoms with Gasteiger partial charge in [0.05, 0.1) is 6.54 Å². The highest BCUT2D eigenvalue weighted by atomic mass is 31.2. The number of ether oxygens (including phenoxy) is 1. The predicted molar refractivity (Wildman–Crippen MR) is 101 cm³/mol. The Hall–Kier alpha value is -2.33. The maximum Gasteiger partial charge on any atom is 0.454 e. The topological polar surface area (TPSA) is 252 Å². The summed E-state index contributed by atoms with van der Waals surface area (Å²) in [7, 11) is -2.32. The van der Waals surface area contributed by atoms with Gasteiger partial charge in [0.1, 0.15) is 37.1 Å². The lowest BCUT2D eigenvalue weighted by Gasteiger charge is -2.43. The van der Waals surface area contributed by atoms with Crippen molar-refractivity contribution in [2.45, 2.75) is 36.6 Å². The number of carbonyl (C=O) groups is 2. The van der Waals surface area contributed by atoms with Crippen LogP contribution in [0.4, 0.5) is 0 Å². The number of nitrogens with zero attached hydrogens (tertiary/aromatic N) is 3. The predicted octanol–water partition coefficient (Wildman–Crippen LogP) is -4.92. The van der Waals surface area contributed by atoms with Gasteiger partial charge < -0.3 is 45.6 Å². The van der Waals surface area contributed by atoms with Crippen LogP contribution >= 0.6 is 7.75 Å². The molecule has 0 radical (unpaired) electrons. The van der Waals surface area contributed by atoms with Crippen LogP contribution in [0.15, 0.2) is 4.76 Å². The van der Waals surface area contributed by atoms with Gasteiger partial charge in [0.2, 0.25) is 11.9 Å². The molecule has 1 aliphatic heterocycles. The second-order valence-corrected chi connectivity index (χ2v) is 8.44. The van der Waals surface area contributed by atoms with E-state index in [1.807, 2.05) is 0 Å². The third-order valence-corrected chi connectivity index (χ3v) is 5.53. The van der Waals surface area contributed by atoms with E-state index in [-0.39, 0.29) is 12.5 Å². The molecule has 176 valence electrons. The molecule has 1 heterocycles. The molecule has 0 aromatic rings. The number of guanidine groups is 2. The molecule has 1 unspecified atom stereocenters. The largest absolute Gasteiger partial charge is 0.455 e. The van der Waals surface area contributed by atoms with E-state index >= 15 is 0 Å². The monoisotopic (exact) mass is 468 g/mol. The number of aliphatic hydroxyl groups excluding tert-OH is 4. The second kappa shape index (κ2) is 9.44. The first-order valence-electron chi connectivity index (χ1n) is 8.83. The molecule has 1 amide bonds. The van der Waals surface area contributed by atoms with Crippen LogP contribution in [0.1, 0.15) is 0 Å². The second-order valence-electron chi connectivity index (χ2n) is 7.05. The van der Waals surface area contributed by atoms with Gasteiger partial charge in [-0.25, -0.2) is 4.57 Å². The van der Waals surface area contributed by atoms with Gasteiger partial charge in [0.15, 0.2) is 12.1 Å². The summed E-state index contributed by atoms with van der Waals surface area (Å²) in [5.41, 5.74) is 5.21. The zero-order valence-corrected chi connectivity index (χ0v) is 17.4. The summed E-state index contributed by atoms with van der Waals surface area (Å²) in [6, 6.07) is 0. The Kier molecular flexibility index (Phi) is 7.59. The Labute approximate surface area is 176 Å². The molecule has 0 aromatic heterocycles. The molecule has 1 saturated carbocycles. The molecule has 2 aliphatic rings. The lowest BCUT2D eigenvalue weighted by molar-refractivity contribution is -0.229. The first-order valence-corrected chi connectivity index (χ1v) is 10.4. The zero-order chi connectivity index (χ0) is 23.7. The normalized spacial score (nSPS) is 34.2. The fourth-order valence-corrected chi connectivity index (χ4v) is 3.91. The van der Waals surface area contributed by atoms with Crippen molar-refractivity contribution in [1.82, 2.24) is 15.1 Å². The fourth-order valence-electron chi connectivity index (χ4n) is 2.86. The number of hydrogen-bond donors (Lipinski definition) is 8. The number of nitrogens with one attached hydrogen (secondary N) is 2. The van der Waals surface area contributed by atoms with Gasteiger partial charge in [0, 0.05) is 14.1 Å². The molecule has 2 rings (SSSR count). The maximum absolute atomic E-state index is 12.5. The minimum Gasteiger partial charge on any atom is -0.455 e. The first kappa shape index (κ1) is 24.9. The number of rotatable bonds is 6. The van der Waals surface area contributed by atoms with Gasteiger partial charge in [-0.1, -0.05) is 0 Å². The summed E-state index contributed by atoms with van der Waals surface area (Å²) < 4.78 is 25.7. The van der Waals surface area contributed by atoms with Gasteiger partial charge in [-0.05, 0) is 0 Å². The van der Waals surface area contributed by atoms with Crippen LogP contribution in [0.5, 0.6) is 0 Å². The van der Waals surface area contributed by atoms with Gasteiger partial charge in [-0.3, -0.25) is 24.8 Å². The minimum atomic E-state index is -5.00. The molecule has 16 nitrogen and oxygen atoms in total. The van der Waals surface area contributed by atoms with Crippen LogP contribution < -0.4 is 11.1 Å². The van der Waals surface area contributed by atoms with Crippen LogP contribution in [0.3, 0.4) is 0 Å². The maximum atomic E-state index is 12.5. The highest BCUT2D eigenvalue weighted by molar-refractivity contribution is 7.51. The number of carbonyl (C=O) groups excluding carboxylic acids is 2. The van der Waals surface area contributed by atoms with Crippen molar-refractivity contribution in [3.8, 4) is 0 Å². The molecule has 9 N–H and O–H groups in total. The third-order valence-electron chi connectivity index (χ3n) is 4.57. The summed E-state index contributed by atoms with van der Waals surface area (Å²) in [6.07, 6.45) is -12.0. The van der Waals surface area contributed by atoms with Gasteiger partial charge in [-0.15, -0.1) is 4.76 Å². The van der Waals surface area contributed by atoms with Crippen molar-refractivity contribution in [2.24, 2.45) is 10.5 Å². The van der Waals surface area contributed by atoms with Crippen molar-refractivity contribution >= 4 is 31.5 Å². The molecule has 0 bridgehead atoms. The molecule has 1 saturated heterocycles. The summed E-state index contributed by atoms with van der Waals surface area (Å²) >= 11 is 0. The molecule has 0 aromatic carbocycles. The minimum absolute atomic E-state index is 0.140. The summed E-state index contributed by atoms with van der Waals surface area (Å²) in [5.74, 6) is -2.39. The van der Waals surface area contributed by atoms with E-state index < -0.39 is 68.8 Å². The Balaban J connectivity index is 2.26. The SMILES string of the molecule is CN(CC(=O)O[C@@H]1[C@@H](O)[C@H](O)[C@@H](O)[C@H](O)[C@@H]1OP(=O)(O)N=C1NC(=O)CN1C)C(=N)N. The van der Waals surface area contributed by atoms with Crippen molar-refractivity contribution in [1.29, 1.82) is 5.41 Å². The number of esters is 1. The Morgan fingerprint density at radius 3 is 2.32 bits per heavy atom.